The van der Waals surface area contributed by atoms with E-state index in [1.165, 1.54) is 12.1 Å². The number of nitrogens with zero attached hydrogens (tertiary/aromatic N) is 1. The number of carboxylic acids is 1. The average Bonchev–Trinajstić information content (AvgIpc) is 2.37. The molecule has 0 bridgehead atoms. The maximum absolute atomic E-state index is 11.9. The lowest BCUT2D eigenvalue weighted by molar-refractivity contribution is -0.137. The van der Waals surface area contributed by atoms with Crippen LogP contribution in [0.3, 0.4) is 0 Å². The molecule has 1 unspecified atom stereocenters. The fourth-order valence-electron chi connectivity index (χ4n) is 1.66. The van der Waals surface area contributed by atoms with Gasteiger partial charge < -0.3 is 15.7 Å². The number of aliphatic carboxylic acids is 1. The Hall–Kier alpha value is -2.26. The Kier molecular flexibility index (Phi) is 6.00. The van der Waals surface area contributed by atoms with Gasteiger partial charge in [0.25, 0.3) is 0 Å². The van der Waals surface area contributed by atoms with Gasteiger partial charge in [0.15, 0.2) is 0 Å². The van der Waals surface area contributed by atoms with Gasteiger partial charge in [0.1, 0.15) is 6.07 Å². The lowest BCUT2D eigenvalue weighted by Crippen LogP contribution is -2.42. The number of rotatable bonds is 5. The third-order valence-corrected chi connectivity index (χ3v) is 3.18. The van der Waals surface area contributed by atoms with Gasteiger partial charge in [0.2, 0.25) is 0 Å². The second kappa shape index (κ2) is 7.50. The molecule has 1 rings (SSSR count). The smallest absolute Gasteiger partial charge is 0.319 e. The molecular formula is C14H16ClN3O3. The van der Waals surface area contributed by atoms with Crippen molar-refractivity contribution in [2.24, 2.45) is 5.92 Å². The number of nitrogens with one attached hydrogen (secondary N) is 2. The van der Waals surface area contributed by atoms with E-state index in [1.807, 2.05) is 19.9 Å². The van der Waals surface area contributed by atoms with Gasteiger partial charge >= 0.3 is 12.0 Å². The topological polar surface area (TPSA) is 102 Å². The Morgan fingerprint density at radius 3 is 2.57 bits per heavy atom. The van der Waals surface area contributed by atoms with Crippen molar-refractivity contribution >= 4 is 29.3 Å². The summed E-state index contributed by atoms with van der Waals surface area (Å²) >= 11 is 5.87. The lowest BCUT2D eigenvalue weighted by Gasteiger charge is -2.20. The summed E-state index contributed by atoms with van der Waals surface area (Å²) in [5.41, 5.74) is 0.739. The number of urea groups is 1. The summed E-state index contributed by atoms with van der Waals surface area (Å²) in [6.45, 7) is 3.65. The zero-order valence-electron chi connectivity index (χ0n) is 11.7. The van der Waals surface area contributed by atoms with Crippen LogP contribution in [0.5, 0.6) is 0 Å². The van der Waals surface area contributed by atoms with E-state index in [0.29, 0.717) is 11.3 Å². The van der Waals surface area contributed by atoms with Crippen LogP contribution < -0.4 is 10.6 Å². The van der Waals surface area contributed by atoms with Gasteiger partial charge in [-0.2, -0.15) is 5.26 Å². The van der Waals surface area contributed by atoms with Gasteiger partial charge in [0.05, 0.1) is 17.0 Å². The molecule has 0 aliphatic rings. The minimum Gasteiger partial charge on any atom is -0.481 e. The molecule has 0 radical (unpaired) electrons. The zero-order valence-corrected chi connectivity index (χ0v) is 12.4. The van der Waals surface area contributed by atoms with Gasteiger partial charge in [-0.25, -0.2) is 4.79 Å². The Labute approximate surface area is 127 Å². The molecule has 1 aromatic rings. The summed E-state index contributed by atoms with van der Waals surface area (Å²) < 4.78 is 0. The summed E-state index contributed by atoms with van der Waals surface area (Å²) in [5, 5.41) is 23.0. The second-order valence-corrected chi connectivity index (χ2v) is 5.26. The quantitative estimate of drug-likeness (QED) is 0.778. The van der Waals surface area contributed by atoms with E-state index in [2.05, 4.69) is 10.6 Å². The molecule has 0 aliphatic carbocycles. The van der Waals surface area contributed by atoms with E-state index in [0.717, 1.165) is 0 Å². The SMILES string of the molecule is CC(C)C(CC(=O)O)NC(=O)Nc1ccc(C#N)c(Cl)c1. The summed E-state index contributed by atoms with van der Waals surface area (Å²) in [6, 6.07) is 5.43. The van der Waals surface area contributed by atoms with Gasteiger partial charge in [-0.15, -0.1) is 0 Å². The van der Waals surface area contributed by atoms with Crippen molar-refractivity contribution in [2.75, 3.05) is 5.32 Å². The molecular weight excluding hydrogens is 294 g/mol. The fraction of sp³-hybridized carbons (Fsp3) is 0.357. The van der Waals surface area contributed by atoms with Crippen LogP contribution in [-0.2, 0) is 4.79 Å². The maximum atomic E-state index is 11.9. The number of halogens is 1. The van der Waals surface area contributed by atoms with Gasteiger partial charge in [-0.1, -0.05) is 25.4 Å². The predicted octanol–water partition coefficient (Wildman–Crippen LogP) is 2.83. The van der Waals surface area contributed by atoms with Crippen LogP contribution in [0.25, 0.3) is 0 Å². The number of hydrogen-bond donors (Lipinski definition) is 3. The van der Waals surface area contributed by atoms with Crippen LogP contribution in [0, 0.1) is 17.2 Å². The highest BCUT2D eigenvalue weighted by molar-refractivity contribution is 6.32. The van der Waals surface area contributed by atoms with E-state index < -0.39 is 18.0 Å². The van der Waals surface area contributed by atoms with Gasteiger partial charge in [0, 0.05) is 11.7 Å². The molecule has 6 nitrogen and oxygen atoms in total. The van der Waals surface area contributed by atoms with Crippen molar-refractivity contribution in [3.8, 4) is 6.07 Å². The first-order valence-electron chi connectivity index (χ1n) is 6.32. The molecule has 0 aromatic heterocycles. The Bertz CT molecular complexity index is 581. The van der Waals surface area contributed by atoms with Crippen LogP contribution in [0.4, 0.5) is 10.5 Å². The molecule has 0 aliphatic heterocycles. The molecule has 3 N–H and O–H groups in total. The predicted molar refractivity (Wildman–Crippen MR) is 79.2 cm³/mol. The molecule has 21 heavy (non-hydrogen) atoms. The third kappa shape index (κ3) is 5.32. The first-order chi connectivity index (χ1) is 9.83. The molecule has 0 spiro atoms. The van der Waals surface area contributed by atoms with Crippen molar-refractivity contribution < 1.29 is 14.7 Å². The number of hydrogen-bond acceptors (Lipinski definition) is 3. The van der Waals surface area contributed by atoms with Crippen LogP contribution >= 0.6 is 11.6 Å². The summed E-state index contributed by atoms with van der Waals surface area (Å²) in [6.07, 6.45) is -0.154. The minimum atomic E-state index is -0.976. The Morgan fingerprint density at radius 1 is 1.43 bits per heavy atom. The lowest BCUT2D eigenvalue weighted by atomic mass is 10.0. The number of benzene rings is 1. The van der Waals surface area contributed by atoms with Crippen molar-refractivity contribution in [2.45, 2.75) is 26.3 Å². The number of nitriles is 1. The van der Waals surface area contributed by atoms with Crippen LogP contribution in [0.1, 0.15) is 25.8 Å². The third-order valence-electron chi connectivity index (χ3n) is 2.86. The maximum Gasteiger partial charge on any atom is 0.319 e. The molecule has 0 fully saturated rings. The Balaban J connectivity index is 2.70. The van der Waals surface area contributed by atoms with E-state index >= 15 is 0 Å². The van der Waals surface area contributed by atoms with E-state index in [-0.39, 0.29) is 17.4 Å². The van der Waals surface area contributed by atoms with Crippen molar-refractivity contribution in [1.29, 1.82) is 5.26 Å². The molecule has 0 saturated heterocycles. The Morgan fingerprint density at radius 2 is 2.10 bits per heavy atom. The largest absolute Gasteiger partial charge is 0.481 e. The first kappa shape index (κ1) is 16.8. The van der Waals surface area contributed by atoms with Crippen LogP contribution in [-0.4, -0.2) is 23.1 Å². The molecule has 1 atom stereocenters. The molecule has 2 amide bonds. The first-order valence-corrected chi connectivity index (χ1v) is 6.70. The standard InChI is InChI=1S/C14H16ClN3O3/c1-8(2)12(6-13(19)20)18-14(21)17-10-4-3-9(7-16)11(15)5-10/h3-5,8,12H,6H2,1-2H3,(H,19,20)(H2,17,18,21). The average molecular weight is 310 g/mol. The second-order valence-electron chi connectivity index (χ2n) is 4.85. The van der Waals surface area contributed by atoms with Crippen LogP contribution in [0.15, 0.2) is 18.2 Å². The van der Waals surface area contributed by atoms with Gasteiger partial charge in [-0.05, 0) is 24.1 Å². The van der Waals surface area contributed by atoms with Crippen molar-refractivity contribution in [1.82, 2.24) is 5.32 Å². The summed E-state index contributed by atoms with van der Waals surface area (Å²) in [7, 11) is 0. The van der Waals surface area contributed by atoms with Crippen molar-refractivity contribution in [3.63, 3.8) is 0 Å². The van der Waals surface area contributed by atoms with E-state index in [9.17, 15) is 9.59 Å². The molecule has 0 saturated carbocycles. The van der Waals surface area contributed by atoms with Crippen LogP contribution in [0.2, 0.25) is 5.02 Å². The molecule has 0 heterocycles. The zero-order chi connectivity index (χ0) is 16.0. The highest BCUT2D eigenvalue weighted by atomic mass is 35.5. The normalized spacial score (nSPS) is 11.6. The van der Waals surface area contributed by atoms with Gasteiger partial charge in [-0.3, -0.25) is 4.79 Å². The number of anilines is 1. The van der Waals surface area contributed by atoms with E-state index in [4.69, 9.17) is 22.0 Å². The summed E-state index contributed by atoms with van der Waals surface area (Å²) in [5.74, 6) is -0.994. The van der Waals surface area contributed by atoms with E-state index in [1.54, 1.807) is 6.07 Å². The number of carboxylic acid groups (broad SMARTS) is 1. The number of amides is 2. The fourth-order valence-corrected chi connectivity index (χ4v) is 1.88. The highest BCUT2D eigenvalue weighted by Gasteiger charge is 2.19. The molecule has 1 aromatic carbocycles. The monoisotopic (exact) mass is 309 g/mol. The number of carbonyl (C=O) groups excluding carboxylic acids is 1. The molecule has 112 valence electrons. The molecule has 7 heteroatoms. The minimum absolute atomic E-state index is 0.0172. The number of carbonyl (C=O) groups is 2. The highest BCUT2D eigenvalue weighted by Crippen LogP contribution is 2.20. The van der Waals surface area contributed by atoms with Crippen molar-refractivity contribution in [3.05, 3.63) is 28.8 Å². The summed E-state index contributed by atoms with van der Waals surface area (Å²) in [4.78, 5) is 22.6.